The maximum atomic E-state index is 13.2. The number of hydrogen-bond donors (Lipinski definition) is 1. The van der Waals surface area contributed by atoms with E-state index in [2.05, 4.69) is 30.9 Å². The predicted octanol–water partition coefficient (Wildman–Crippen LogP) is 4.02. The van der Waals surface area contributed by atoms with Gasteiger partial charge in [0.15, 0.2) is 0 Å². The monoisotopic (exact) mass is 299 g/mol. The van der Waals surface area contributed by atoms with Crippen LogP contribution in [0, 0.1) is 12.7 Å². The molecule has 1 nitrogen and oxygen atoms in total. The van der Waals surface area contributed by atoms with Crippen molar-refractivity contribution >= 4 is 23.5 Å². The Balaban J connectivity index is 2.20. The third-order valence-corrected chi connectivity index (χ3v) is 7.32. The van der Waals surface area contributed by atoms with Crippen LogP contribution >= 0.6 is 23.5 Å². The van der Waals surface area contributed by atoms with Gasteiger partial charge in [-0.25, -0.2) is 4.39 Å². The fourth-order valence-corrected chi connectivity index (χ4v) is 5.66. The molecule has 19 heavy (non-hydrogen) atoms. The number of thioether (sulfide) groups is 2. The van der Waals surface area contributed by atoms with Gasteiger partial charge in [-0.1, -0.05) is 19.9 Å². The lowest BCUT2D eigenvalue weighted by Gasteiger charge is -2.36. The summed E-state index contributed by atoms with van der Waals surface area (Å²) in [6.07, 6.45) is 0. The van der Waals surface area contributed by atoms with Crippen LogP contribution < -0.4 is 5.32 Å². The van der Waals surface area contributed by atoms with Crippen LogP contribution in [0.15, 0.2) is 18.2 Å². The second kappa shape index (κ2) is 6.51. The molecule has 1 heterocycles. The van der Waals surface area contributed by atoms with Crippen molar-refractivity contribution in [2.75, 3.05) is 12.8 Å². The zero-order valence-corrected chi connectivity index (χ0v) is 13.6. The molecule has 4 atom stereocenters. The Morgan fingerprint density at radius 3 is 2.63 bits per heavy atom. The minimum absolute atomic E-state index is 0.149. The zero-order valence-electron chi connectivity index (χ0n) is 11.9. The lowest BCUT2D eigenvalue weighted by molar-refractivity contribution is 0.579. The minimum Gasteiger partial charge on any atom is -0.312 e. The molecule has 0 bridgehead atoms. The first kappa shape index (κ1) is 15.2. The Morgan fingerprint density at radius 1 is 1.32 bits per heavy atom. The molecule has 4 heteroatoms. The van der Waals surface area contributed by atoms with Crippen molar-refractivity contribution in [3.8, 4) is 0 Å². The summed E-state index contributed by atoms with van der Waals surface area (Å²) in [4.78, 5) is 0. The van der Waals surface area contributed by atoms with Gasteiger partial charge in [-0.05, 0) is 37.2 Å². The molecule has 0 saturated carbocycles. The summed E-state index contributed by atoms with van der Waals surface area (Å²) in [5.74, 6) is 1.00. The van der Waals surface area contributed by atoms with Gasteiger partial charge in [-0.15, -0.1) is 0 Å². The number of hydrogen-bond acceptors (Lipinski definition) is 3. The summed E-state index contributed by atoms with van der Waals surface area (Å²) in [6, 6.07) is 5.43. The molecule has 0 spiro atoms. The van der Waals surface area contributed by atoms with Gasteiger partial charge in [-0.3, -0.25) is 0 Å². The van der Waals surface area contributed by atoms with Crippen LogP contribution in [0.5, 0.6) is 0 Å². The summed E-state index contributed by atoms with van der Waals surface area (Å²) >= 11 is 4.10. The van der Waals surface area contributed by atoms with Gasteiger partial charge in [-0.2, -0.15) is 23.5 Å². The number of benzene rings is 1. The van der Waals surface area contributed by atoms with E-state index >= 15 is 0 Å². The Kier molecular flexibility index (Phi) is 5.21. The molecule has 4 unspecified atom stereocenters. The number of halogens is 1. The van der Waals surface area contributed by atoms with Gasteiger partial charge >= 0.3 is 0 Å². The molecule has 0 radical (unpaired) electrons. The van der Waals surface area contributed by atoms with Gasteiger partial charge in [0, 0.05) is 27.5 Å². The Labute approximate surface area is 124 Å². The standard InChI is InChI=1S/C15H22FNS2/c1-9-7-12(16)5-6-13(9)15(17-4)14-8-18-10(2)11(3)19-14/h5-7,10-11,14-15,17H,8H2,1-4H3. The average molecular weight is 299 g/mol. The van der Waals surface area contributed by atoms with Crippen molar-refractivity contribution in [2.45, 2.75) is 42.6 Å². The SMILES string of the molecule is CNC(c1ccc(F)cc1C)C1CSC(C)C(C)S1. The first-order valence-corrected chi connectivity index (χ1v) is 8.72. The smallest absolute Gasteiger partial charge is 0.123 e. The van der Waals surface area contributed by atoms with E-state index in [1.165, 1.54) is 5.56 Å². The molecule has 1 aliphatic heterocycles. The Hall–Kier alpha value is -0.190. The largest absolute Gasteiger partial charge is 0.312 e. The van der Waals surface area contributed by atoms with Gasteiger partial charge in [0.1, 0.15) is 5.82 Å². The van der Waals surface area contributed by atoms with E-state index in [0.717, 1.165) is 11.3 Å². The molecule has 1 aromatic rings. The van der Waals surface area contributed by atoms with E-state index in [4.69, 9.17) is 0 Å². The van der Waals surface area contributed by atoms with Crippen LogP contribution in [-0.2, 0) is 0 Å². The summed E-state index contributed by atoms with van der Waals surface area (Å²) in [6.45, 7) is 6.60. The second-order valence-electron chi connectivity index (χ2n) is 5.19. The van der Waals surface area contributed by atoms with E-state index in [1.54, 1.807) is 12.1 Å². The number of nitrogens with one attached hydrogen (secondary N) is 1. The van der Waals surface area contributed by atoms with Crippen LogP contribution in [0.25, 0.3) is 0 Å². The molecule has 2 rings (SSSR count). The van der Waals surface area contributed by atoms with Crippen LogP contribution in [0.4, 0.5) is 4.39 Å². The fraction of sp³-hybridized carbons (Fsp3) is 0.600. The van der Waals surface area contributed by atoms with Crippen molar-refractivity contribution in [3.63, 3.8) is 0 Å². The first-order chi connectivity index (χ1) is 9.02. The van der Waals surface area contributed by atoms with E-state index in [1.807, 2.05) is 31.8 Å². The van der Waals surface area contributed by atoms with Crippen molar-refractivity contribution in [1.82, 2.24) is 5.32 Å². The molecular formula is C15H22FNS2. The molecule has 0 amide bonds. The summed E-state index contributed by atoms with van der Waals surface area (Å²) in [7, 11) is 2.00. The molecule has 1 N–H and O–H groups in total. The highest BCUT2D eigenvalue weighted by atomic mass is 32.2. The summed E-state index contributed by atoms with van der Waals surface area (Å²) < 4.78 is 13.2. The normalized spacial score (nSPS) is 29.2. The number of rotatable bonds is 3. The average Bonchev–Trinajstić information content (AvgIpc) is 2.37. The fourth-order valence-electron chi connectivity index (χ4n) is 2.51. The maximum Gasteiger partial charge on any atom is 0.123 e. The van der Waals surface area contributed by atoms with Gasteiger partial charge < -0.3 is 5.32 Å². The third kappa shape index (κ3) is 3.47. The molecule has 1 aliphatic rings. The second-order valence-corrected chi connectivity index (χ2v) is 8.22. The van der Waals surface area contributed by atoms with Crippen molar-refractivity contribution in [3.05, 3.63) is 35.1 Å². The van der Waals surface area contributed by atoms with E-state index in [-0.39, 0.29) is 5.82 Å². The van der Waals surface area contributed by atoms with Crippen molar-refractivity contribution in [2.24, 2.45) is 0 Å². The highest BCUT2D eigenvalue weighted by Gasteiger charge is 2.31. The molecule has 0 aliphatic carbocycles. The summed E-state index contributed by atoms with van der Waals surface area (Å²) in [5, 5.41) is 5.36. The van der Waals surface area contributed by atoms with Gasteiger partial charge in [0.05, 0.1) is 0 Å². The molecular weight excluding hydrogens is 277 g/mol. The van der Waals surface area contributed by atoms with Crippen molar-refractivity contribution < 1.29 is 4.39 Å². The van der Waals surface area contributed by atoms with Gasteiger partial charge in [0.2, 0.25) is 0 Å². The van der Waals surface area contributed by atoms with Crippen LogP contribution in [0.3, 0.4) is 0 Å². The minimum atomic E-state index is -0.149. The molecule has 1 aromatic carbocycles. The molecule has 1 fully saturated rings. The van der Waals surface area contributed by atoms with E-state index < -0.39 is 0 Å². The first-order valence-electron chi connectivity index (χ1n) is 6.73. The topological polar surface area (TPSA) is 12.0 Å². The van der Waals surface area contributed by atoms with E-state index in [9.17, 15) is 4.39 Å². The molecule has 0 aromatic heterocycles. The van der Waals surface area contributed by atoms with Crippen LogP contribution in [0.1, 0.15) is 31.0 Å². The van der Waals surface area contributed by atoms with Crippen molar-refractivity contribution in [1.29, 1.82) is 0 Å². The summed E-state index contributed by atoms with van der Waals surface area (Å²) in [5.41, 5.74) is 2.26. The predicted molar refractivity (Wildman–Crippen MR) is 85.7 cm³/mol. The van der Waals surface area contributed by atoms with Gasteiger partial charge in [0.25, 0.3) is 0 Å². The molecule has 1 saturated heterocycles. The lowest BCUT2D eigenvalue weighted by atomic mass is 9.99. The number of aryl methyl sites for hydroxylation is 1. The zero-order chi connectivity index (χ0) is 14.0. The van der Waals surface area contributed by atoms with Crippen LogP contribution in [0.2, 0.25) is 0 Å². The van der Waals surface area contributed by atoms with Crippen LogP contribution in [-0.4, -0.2) is 28.6 Å². The Bertz CT molecular complexity index is 438. The van der Waals surface area contributed by atoms with E-state index in [0.29, 0.717) is 21.8 Å². The Morgan fingerprint density at radius 2 is 2.05 bits per heavy atom. The third-order valence-electron chi connectivity index (χ3n) is 3.82. The quantitative estimate of drug-likeness (QED) is 0.905. The lowest BCUT2D eigenvalue weighted by Crippen LogP contribution is -2.36. The highest BCUT2D eigenvalue weighted by molar-refractivity contribution is 8.07. The molecule has 106 valence electrons. The highest BCUT2D eigenvalue weighted by Crippen LogP contribution is 2.41. The maximum absolute atomic E-state index is 13.2.